The quantitative estimate of drug-likeness (QED) is 0.429. The number of nitrogens with one attached hydrogen (secondary N) is 1. The Morgan fingerprint density at radius 2 is 2.00 bits per heavy atom. The number of hydrogen-bond acceptors (Lipinski definition) is 3. The van der Waals surface area contributed by atoms with Crippen LogP contribution >= 0.6 is 34.2 Å². The zero-order valence-corrected chi connectivity index (χ0v) is 15.1. The predicted octanol–water partition coefficient (Wildman–Crippen LogP) is 3.47. The third-order valence-electron chi connectivity index (χ3n) is 3.57. The minimum absolute atomic E-state index is 0.0196. The lowest BCUT2D eigenvalue weighted by atomic mass is 10.0. The van der Waals surface area contributed by atoms with Crippen LogP contribution in [0.4, 0.5) is 0 Å². The molecule has 6 heteroatoms. The van der Waals surface area contributed by atoms with Crippen molar-refractivity contribution in [3.8, 4) is 0 Å². The molecular formula is C15H20ClIN4. The van der Waals surface area contributed by atoms with Gasteiger partial charge in [0.1, 0.15) is 0 Å². The van der Waals surface area contributed by atoms with Gasteiger partial charge in [-0.2, -0.15) is 5.10 Å². The van der Waals surface area contributed by atoms with E-state index in [1.165, 1.54) is 3.57 Å². The number of aryl methyl sites for hydroxylation is 2. The summed E-state index contributed by atoms with van der Waals surface area (Å²) < 4.78 is 3.18. The van der Waals surface area contributed by atoms with E-state index in [9.17, 15) is 0 Å². The molecule has 1 aromatic carbocycles. The van der Waals surface area contributed by atoms with Crippen LogP contribution in [0.1, 0.15) is 36.8 Å². The summed E-state index contributed by atoms with van der Waals surface area (Å²) >= 11 is 8.76. The van der Waals surface area contributed by atoms with Crippen LogP contribution in [-0.4, -0.2) is 9.78 Å². The molecule has 1 aromatic heterocycles. The van der Waals surface area contributed by atoms with Gasteiger partial charge in [-0.3, -0.25) is 16.0 Å². The third-order valence-corrected chi connectivity index (χ3v) is 4.72. The minimum Gasteiger partial charge on any atom is -0.271 e. The molecule has 2 aromatic rings. The molecule has 1 unspecified atom stereocenters. The standard InChI is InChI=1S/C15H20ClIN4/c1-3-12-15(16)14(21(4-2)20-12)9-13(19-18)10-5-7-11(17)8-6-10/h5-8,13,19H,3-4,9,18H2,1-2H3. The van der Waals surface area contributed by atoms with Crippen LogP contribution in [0, 0.1) is 3.57 Å². The van der Waals surface area contributed by atoms with Crippen molar-refractivity contribution in [2.75, 3.05) is 0 Å². The number of hydrogen-bond donors (Lipinski definition) is 2. The van der Waals surface area contributed by atoms with Gasteiger partial charge >= 0.3 is 0 Å². The topological polar surface area (TPSA) is 55.9 Å². The summed E-state index contributed by atoms with van der Waals surface area (Å²) in [6.07, 6.45) is 1.56. The van der Waals surface area contributed by atoms with E-state index in [4.69, 9.17) is 17.4 Å². The highest BCUT2D eigenvalue weighted by Crippen LogP contribution is 2.27. The Labute approximate surface area is 144 Å². The van der Waals surface area contributed by atoms with E-state index in [0.717, 1.165) is 41.4 Å². The molecule has 0 amide bonds. The van der Waals surface area contributed by atoms with Crippen molar-refractivity contribution in [2.24, 2.45) is 5.84 Å². The highest BCUT2D eigenvalue weighted by atomic mass is 127. The molecule has 0 saturated heterocycles. The lowest BCUT2D eigenvalue weighted by Gasteiger charge is -2.17. The van der Waals surface area contributed by atoms with Gasteiger partial charge in [-0.1, -0.05) is 30.7 Å². The van der Waals surface area contributed by atoms with E-state index in [1.54, 1.807) is 0 Å². The van der Waals surface area contributed by atoms with Gasteiger partial charge in [-0.15, -0.1) is 0 Å². The van der Waals surface area contributed by atoms with Crippen LogP contribution in [0.25, 0.3) is 0 Å². The summed E-state index contributed by atoms with van der Waals surface area (Å²) in [6, 6.07) is 8.36. The lowest BCUT2D eigenvalue weighted by Crippen LogP contribution is -2.30. The first kappa shape index (κ1) is 16.7. The normalized spacial score (nSPS) is 12.6. The zero-order chi connectivity index (χ0) is 15.4. The van der Waals surface area contributed by atoms with E-state index >= 15 is 0 Å². The maximum Gasteiger partial charge on any atom is 0.0850 e. The number of aromatic nitrogens is 2. The van der Waals surface area contributed by atoms with Crippen LogP contribution in [-0.2, 0) is 19.4 Å². The van der Waals surface area contributed by atoms with Crippen LogP contribution in [0.15, 0.2) is 24.3 Å². The summed E-state index contributed by atoms with van der Waals surface area (Å²) in [6.45, 7) is 4.94. The smallest absolute Gasteiger partial charge is 0.0850 e. The molecule has 0 radical (unpaired) electrons. The van der Waals surface area contributed by atoms with E-state index in [1.807, 2.05) is 4.68 Å². The van der Waals surface area contributed by atoms with Crippen molar-refractivity contribution in [1.29, 1.82) is 0 Å². The number of halogens is 2. The Bertz CT molecular complexity index is 594. The second kappa shape index (κ2) is 7.58. The number of nitrogens with zero attached hydrogens (tertiary/aromatic N) is 2. The summed E-state index contributed by atoms with van der Waals surface area (Å²) in [5.74, 6) is 5.75. The molecule has 0 spiro atoms. The molecule has 114 valence electrons. The molecule has 1 atom stereocenters. The molecular weight excluding hydrogens is 399 g/mol. The third kappa shape index (κ3) is 3.77. The molecule has 0 saturated carbocycles. The monoisotopic (exact) mass is 418 g/mol. The van der Waals surface area contributed by atoms with Crippen molar-refractivity contribution >= 4 is 34.2 Å². The van der Waals surface area contributed by atoms with E-state index < -0.39 is 0 Å². The van der Waals surface area contributed by atoms with Gasteiger partial charge in [0.05, 0.1) is 22.5 Å². The van der Waals surface area contributed by atoms with Crippen LogP contribution < -0.4 is 11.3 Å². The number of nitrogens with two attached hydrogens (primary N) is 1. The average molecular weight is 419 g/mol. The first-order chi connectivity index (χ1) is 10.1. The van der Waals surface area contributed by atoms with Gasteiger partial charge in [-0.05, 0) is 53.6 Å². The average Bonchev–Trinajstić information content (AvgIpc) is 2.81. The molecule has 4 nitrogen and oxygen atoms in total. The largest absolute Gasteiger partial charge is 0.271 e. The van der Waals surface area contributed by atoms with Crippen molar-refractivity contribution in [3.63, 3.8) is 0 Å². The Hall–Kier alpha value is -0.630. The highest BCUT2D eigenvalue weighted by Gasteiger charge is 2.19. The zero-order valence-electron chi connectivity index (χ0n) is 12.2. The highest BCUT2D eigenvalue weighted by molar-refractivity contribution is 14.1. The van der Waals surface area contributed by atoms with Gasteiger partial charge in [0.2, 0.25) is 0 Å². The maximum absolute atomic E-state index is 6.47. The number of hydrazine groups is 1. The molecule has 2 rings (SSSR count). The number of benzene rings is 1. The summed E-state index contributed by atoms with van der Waals surface area (Å²) in [5, 5.41) is 5.33. The predicted molar refractivity (Wildman–Crippen MR) is 95.2 cm³/mol. The molecule has 0 aliphatic rings. The van der Waals surface area contributed by atoms with Gasteiger partial charge in [-0.25, -0.2) is 0 Å². The van der Waals surface area contributed by atoms with E-state index in [-0.39, 0.29) is 6.04 Å². The Morgan fingerprint density at radius 1 is 1.33 bits per heavy atom. The van der Waals surface area contributed by atoms with Crippen LogP contribution in [0.5, 0.6) is 0 Å². The number of rotatable bonds is 6. The Morgan fingerprint density at radius 3 is 2.52 bits per heavy atom. The Kier molecular flexibility index (Phi) is 6.04. The minimum atomic E-state index is 0.0196. The molecule has 0 bridgehead atoms. The molecule has 0 aliphatic heterocycles. The van der Waals surface area contributed by atoms with Gasteiger partial charge < -0.3 is 0 Å². The van der Waals surface area contributed by atoms with Crippen molar-refractivity contribution in [2.45, 2.75) is 39.3 Å². The van der Waals surface area contributed by atoms with Gasteiger partial charge in [0, 0.05) is 16.5 Å². The fourth-order valence-corrected chi connectivity index (χ4v) is 3.08. The molecule has 0 aliphatic carbocycles. The Balaban J connectivity index is 2.30. The summed E-state index contributed by atoms with van der Waals surface area (Å²) in [7, 11) is 0. The maximum atomic E-state index is 6.47. The van der Waals surface area contributed by atoms with Crippen molar-refractivity contribution < 1.29 is 0 Å². The van der Waals surface area contributed by atoms with Gasteiger partial charge in [0.25, 0.3) is 0 Å². The molecule has 0 fully saturated rings. The second-order valence-corrected chi connectivity index (χ2v) is 6.48. The van der Waals surface area contributed by atoms with Crippen LogP contribution in [0.2, 0.25) is 5.02 Å². The van der Waals surface area contributed by atoms with E-state index in [2.05, 4.69) is 71.2 Å². The second-order valence-electron chi connectivity index (χ2n) is 4.85. The summed E-state index contributed by atoms with van der Waals surface area (Å²) in [5.41, 5.74) is 6.03. The molecule has 21 heavy (non-hydrogen) atoms. The molecule has 1 heterocycles. The fourth-order valence-electron chi connectivity index (χ4n) is 2.37. The fraction of sp³-hybridized carbons (Fsp3) is 0.400. The summed E-state index contributed by atoms with van der Waals surface area (Å²) in [4.78, 5) is 0. The van der Waals surface area contributed by atoms with Crippen molar-refractivity contribution in [3.05, 3.63) is 49.8 Å². The van der Waals surface area contributed by atoms with E-state index in [0.29, 0.717) is 0 Å². The molecule has 3 N–H and O–H groups in total. The van der Waals surface area contributed by atoms with Crippen LogP contribution in [0.3, 0.4) is 0 Å². The van der Waals surface area contributed by atoms with Crippen molar-refractivity contribution in [1.82, 2.24) is 15.2 Å². The van der Waals surface area contributed by atoms with Gasteiger partial charge in [0.15, 0.2) is 0 Å². The first-order valence-corrected chi connectivity index (χ1v) is 8.52. The lowest BCUT2D eigenvalue weighted by molar-refractivity contribution is 0.516. The SMILES string of the molecule is CCc1nn(CC)c(CC(NN)c2ccc(I)cc2)c1Cl. The first-order valence-electron chi connectivity index (χ1n) is 7.06.